The van der Waals surface area contributed by atoms with Crippen LogP contribution in [0.5, 0.6) is 0 Å². The Balaban J connectivity index is 1.87. The fourth-order valence-corrected chi connectivity index (χ4v) is 4.56. The van der Waals surface area contributed by atoms with Gasteiger partial charge in [-0.15, -0.1) is 0 Å². The van der Waals surface area contributed by atoms with Crippen molar-refractivity contribution in [2.75, 3.05) is 11.5 Å². The molecule has 6 heteroatoms. The predicted octanol–water partition coefficient (Wildman–Crippen LogP) is 0.197. The third kappa shape index (κ3) is 3.68. The first-order valence-electron chi connectivity index (χ1n) is 6.72. The highest BCUT2D eigenvalue weighted by atomic mass is 32.2. The van der Waals surface area contributed by atoms with E-state index in [0.717, 1.165) is 32.1 Å². The zero-order valence-corrected chi connectivity index (χ0v) is 11.4. The number of amides is 1. The molecule has 2 rings (SSSR count). The SMILES string of the molecule is NC1CCCC(C(=O)NC2CCCS(=O)(=O)C2)C1. The molecule has 104 valence electrons. The van der Waals surface area contributed by atoms with Gasteiger partial charge in [-0.2, -0.15) is 0 Å². The zero-order valence-electron chi connectivity index (χ0n) is 10.6. The summed E-state index contributed by atoms with van der Waals surface area (Å²) in [5.41, 5.74) is 5.86. The number of nitrogens with two attached hydrogens (primary N) is 1. The van der Waals surface area contributed by atoms with Crippen LogP contribution in [0.15, 0.2) is 0 Å². The van der Waals surface area contributed by atoms with Crippen LogP contribution in [0.4, 0.5) is 0 Å². The van der Waals surface area contributed by atoms with Crippen molar-refractivity contribution in [3.05, 3.63) is 0 Å². The number of rotatable bonds is 2. The number of hydrogen-bond acceptors (Lipinski definition) is 4. The van der Waals surface area contributed by atoms with Crippen molar-refractivity contribution < 1.29 is 13.2 Å². The summed E-state index contributed by atoms with van der Waals surface area (Å²) in [7, 11) is -2.96. The van der Waals surface area contributed by atoms with E-state index in [4.69, 9.17) is 5.73 Å². The van der Waals surface area contributed by atoms with Gasteiger partial charge in [-0.05, 0) is 32.1 Å². The maximum Gasteiger partial charge on any atom is 0.223 e. The molecule has 1 heterocycles. The van der Waals surface area contributed by atoms with Crippen molar-refractivity contribution in [3.63, 3.8) is 0 Å². The van der Waals surface area contributed by atoms with Crippen LogP contribution < -0.4 is 11.1 Å². The van der Waals surface area contributed by atoms with E-state index in [2.05, 4.69) is 5.32 Å². The van der Waals surface area contributed by atoms with E-state index in [-0.39, 0.29) is 35.4 Å². The maximum absolute atomic E-state index is 12.1. The third-order valence-corrected chi connectivity index (χ3v) is 5.72. The van der Waals surface area contributed by atoms with Gasteiger partial charge in [0, 0.05) is 18.0 Å². The predicted molar refractivity (Wildman–Crippen MR) is 69.8 cm³/mol. The normalized spacial score (nSPS) is 35.9. The van der Waals surface area contributed by atoms with Crippen LogP contribution in [-0.4, -0.2) is 37.9 Å². The van der Waals surface area contributed by atoms with Crippen LogP contribution in [0.3, 0.4) is 0 Å². The van der Waals surface area contributed by atoms with Crippen molar-refractivity contribution in [1.82, 2.24) is 5.32 Å². The molecule has 0 aromatic carbocycles. The Morgan fingerprint density at radius 1 is 1.17 bits per heavy atom. The molecule has 1 aliphatic carbocycles. The van der Waals surface area contributed by atoms with Crippen molar-refractivity contribution in [1.29, 1.82) is 0 Å². The fraction of sp³-hybridized carbons (Fsp3) is 0.917. The highest BCUT2D eigenvalue weighted by Crippen LogP contribution is 2.23. The van der Waals surface area contributed by atoms with Gasteiger partial charge in [0.15, 0.2) is 9.84 Å². The molecule has 0 aromatic heterocycles. The van der Waals surface area contributed by atoms with Gasteiger partial charge in [0.05, 0.1) is 11.5 Å². The van der Waals surface area contributed by atoms with Gasteiger partial charge in [0.25, 0.3) is 0 Å². The fourth-order valence-electron chi connectivity index (χ4n) is 2.92. The molecular formula is C12H22N2O3S. The number of hydrogen-bond donors (Lipinski definition) is 2. The lowest BCUT2D eigenvalue weighted by atomic mass is 9.85. The minimum absolute atomic E-state index is 0.00718. The lowest BCUT2D eigenvalue weighted by Gasteiger charge is -2.29. The minimum atomic E-state index is -2.96. The average Bonchev–Trinajstić information content (AvgIpc) is 2.27. The molecule has 1 amide bonds. The van der Waals surface area contributed by atoms with Crippen LogP contribution in [0.2, 0.25) is 0 Å². The van der Waals surface area contributed by atoms with E-state index in [9.17, 15) is 13.2 Å². The number of nitrogens with one attached hydrogen (secondary N) is 1. The van der Waals surface area contributed by atoms with Crippen molar-refractivity contribution in [2.24, 2.45) is 11.7 Å². The molecule has 1 saturated heterocycles. The van der Waals surface area contributed by atoms with E-state index >= 15 is 0 Å². The first-order chi connectivity index (χ1) is 8.46. The molecule has 3 atom stereocenters. The minimum Gasteiger partial charge on any atom is -0.352 e. The van der Waals surface area contributed by atoms with Gasteiger partial charge < -0.3 is 11.1 Å². The molecular weight excluding hydrogens is 252 g/mol. The summed E-state index contributed by atoms with van der Waals surface area (Å²) in [6.07, 6.45) is 5.00. The second-order valence-electron chi connectivity index (χ2n) is 5.59. The van der Waals surface area contributed by atoms with E-state index in [1.54, 1.807) is 0 Å². The topological polar surface area (TPSA) is 89.3 Å². The molecule has 3 N–H and O–H groups in total. The van der Waals surface area contributed by atoms with Gasteiger partial charge in [0.2, 0.25) is 5.91 Å². The quantitative estimate of drug-likeness (QED) is 0.752. The Kier molecular flexibility index (Phi) is 4.27. The van der Waals surface area contributed by atoms with E-state index < -0.39 is 9.84 Å². The third-order valence-electron chi connectivity index (χ3n) is 3.89. The van der Waals surface area contributed by atoms with Crippen LogP contribution in [0.25, 0.3) is 0 Å². The summed E-state index contributed by atoms with van der Waals surface area (Å²) in [6, 6.07) is -0.0843. The lowest BCUT2D eigenvalue weighted by Crippen LogP contribution is -2.47. The van der Waals surface area contributed by atoms with Crippen LogP contribution >= 0.6 is 0 Å². The van der Waals surface area contributed by atoms with Gasteiger partial charge >= 0.3 is 0 Å². The van der Waals surface area contributed by atoms with Crippen molar-refractivity contribution in [2.45, 2.75) is 50.6 Å². The van der Waals surface area contributed by atoms with Crippen molar-refractivity contribution >= 4 is 15.7 Å². The van der Waals surface area contributed by atoms with Gasteiger partial charge in [-0.3, -0.25) is 4.79 Å². The first kappa shape index (κ1) is 13.8. The van der Waals surface area contributed by atoms with E-state index in [1.165, 1.54) is 0 Å². The number of sulfone groups is 1. The van der Waals surface area contributed by atoms with Gasteiger partial charge in [0.1, 0.15) is 0 Å². The Hall–Kier alpha value is -0.620. The molecule has 0 spiro atoms. The average molecular weight is 274 g/mol. The van der Waals surface area contributed by atoms with Crippen LogP contribution in [0.1, 0.15) is 38.5 Å². The summed E-state index contributed by atoms with van der Waals surface area (Å²) in [5, 5.41) is 2.89. The molecule has 3 unspecified atom stereocenters. The molecule has 2 fully saturated rings. The first-order valence-corrected chi connectivity index (χ1v) is 8.55. The molecule has 0 radical (unpaired) electrons. The Bertz CT molecular complexity index is 408. The molecule has 2 aliphatic rings. The highest BCUT2D eigenvalue weighted by Gasteiger charge is 2.30. The Labute approximate surface area is 108 Å². The zero-order chi connectivity index (χ0) is 13.2. The standard InChI is InChI=1S/C12H22N2O3S/c13-10-4-1-3-9(7-10)12(15)14-11-5-2-6-18(16,17)8-11/h9-11H,1-8,13H2,(H,14,15). The van der Waals surface area contributed by atoms with Crippen LogP contribution in [0, 0.1) is 5.92 Å². The second kappa shape index (κ2) is 5.57. The van der Waals surface area contributed by atoms with E-state index in [0.29, 0.717) is 6.42 Å². The smallest absolute Gasteiger partial charge is 0.223 e. The second-order valence-corrected chi connectivity index (χ2v) is 7.81. The highest BCUT2D eigenvalue weighted by molar-refractivity contribution is 7.91. The molecule has 5 nitrogen and oxygen atoms in total. The Morgan fingerprint density at radius 2 is 1.94 bits per heavy atom. The number of carbonyl (C=O) groups excluding carboxylic acids is 1. The summed E-state index contributed by atoms with van der Waals surface area (Å²) < 4.78 is 23.0. The lowest BCUT2D eigenvalue weighted by molar-refractivity contribution is -0.126. The summed E-state index contributed by atoms with van der Waals surface area (Å²) in [6.45, 7) is 0. The summed E-state index contributed by atoms with van der Waals surface area (Å²) in [5.74, 6) is 0.316. The van der Waals surface area contributed by atoms with Crippen molar-refractivity contribution in [3.8, 4) is 0 Å². The molecule has 0 aromatic rings. The summed E-state index contributed by atoms with van der Waals surface area (Å²) >= 11 is 0. The summed E-state index contributed by atoms with van der Waals surface area (Å²) in [4.78, 5) is 12.1. The Morgan fingerprint density at radius 3 is 2.61 bits per heavy atom. The molecule has 0 bridgehead atoms. The number of carbonyl (C=O) groups is 1. The van der Waals surface area contributed by atoms with Gasteiger partial charge in [-0.1, -0.05) is 6.42 Å². The van der Waals surface area contributed by atoms with Gasteiger partial charge in [-0.25, -0.2) is 8.42 Å². The molecule has 1 aliphatic heterocycles. The monoisotopic (exact) mass is 274 g/mol. The van der Waals surface area contributed by atoms with Crippen LogP contribution in [-0.2, 0) is 14.6 Å². The van der Waals surface area contributed by atoms with E-state index in [1.807, 2.05) is 0 Å². The largest absolute Gasteiger partial charge is 0.352 e. The maximum atomic E-state index is 12.1. The molecule has 18 heavy (non-hydrogen) atoms. The molecule has 1 saturated carbocycles.